The van der Waals surface area contributed by atoms with Gasteiger partial charge >= 0.3 is 0 Å². The first-order chi connectivity index (χ1) is 22.2. The van der Waals surface area contributed by atoms with Crippen molar-refractivity contribution < 1.29 is 28.7 Å². The minimum absolute atomic E-state index is 0.0236. The second-order valence-corrected chi connectivity index (χ2v) is 13.3. The number of benzene rings is 4. The lowest BCUT2D eigenvalue weighted by Gasteiger charge is -2.15. The minimum atomic E-state index is -0.610. The van der Waals surface area contributed by atoms with Crippen molar-refractivity contribution in [3.63, 3.8) is 0 Å². The maximum Gasteiger partial charge on any atom is 0.272 e. The van der Waals surface area contributed by atoms with Crippen molar-refractivity contribution >= 4 is 91.4 Å². The molecule has 46 heavy (non-hydrogen) atoms. The molecule has 1 aliphatic heterocycles. The number of thioether (sulfide) groups is 1. The zero-order valence-electron chi connectivity index (χ0n) is 24.6. The molecule has 2 N–H and O–H groups in total. The lowest BCUT2D eigenvalue weighted by Crippen LogP contribution is -2.31. The molecule has 1 heterocycles. The first-order valence-corrected chi connectivity index (χ1v) is 16.6. The van der Waals surface area contributed by atoms with Gasteiger partial charge in [-0.05, 0) is 101 Å². The monoisotopic (exact) mass is 811 g/mol. The van der Waals surface area contributed by atoms with Gasteiger partial charge < -0.3 is 20.1 Å². The number of nitrogens with zero attached hydrogens (tertiary/aromatic N) is 1. The molecule has 0 aromatic heterocycles. The smallest absolute Gasteiger partial charge is 0.272 e. The predicted molar refractivity (Wildman–Crippen MR) is 190 cm³/mol. The quantitative estimate of drug-likeness (QED) is 0.102. The van der Waals surface area contributed by atoms with Gasteiger partial charge in [0, 0.05) is 30.6 Å². The number of hydrogen-bond donors (Lipinski definition) is 2. The van der Waals surface area contributed by atoms with Gasteiger partial charge in [0.05, 0.1) is 25.2 Å². The van der Waals surface area contributed by atoms with Crippen molar-refractivity contribution in [1.29, 1.82) is 0 Å². The number of nitrogens with one attached hydrogen (secondary N) is 2. The van der Waals surface area contributed by atoms with Crippen LogP contribution in [0.25, 0.3) is 6.08 Å². The van der Waals surface area contributed by atoms with E-state index < -0.39 is 17.1 Å². The molecule has 1 aliphatic rings. The third-order valence-electron chi connectivity index (χ3n) is 6.89. The number of carbonyl (C=O) groups is 4. The molecule has 12 heteroatoms. The van der Waals surface area contributed by atoms with Crippen LogP contribution in [0.3, 0.4) is 0 Å². The van der Waals surface area contributed by atoms with Crippen LogP contribution < -0.4 is 25.0 Å². The molecule has 4 aromatic rings. The Morgan fingerprint density at radius 2 is 1.63 bits per heavy atom. The van der Waals surface area contributed by atoms with Crippen LogP contribution >= 0.6 is 50.3 Å². The van der Waals surface area contributed by atoms with Crippen LogP contribution in [0, 0.1) is 3.57 Å². The Hall–Kier alpha value is -4.14. The number of imide groups is 1. The standard InChI is InChI=1S/C34H27BrIN3O6S/c1-44-28-16-21(26(35)18-29(28)45-2)15-27(38-32(41)20-7-4-3-5-8-20)33(42)37-23-9-6-10-25(17-23)46-30-19-31(40)39(34(30)43)24-13-11-22(36)12-14-24/h3-18,30H,19H2,1-2H3,(H,37,42)(H,38,41)/b27-15-. The average Bonchev–Trinajstić information content (AvgIpc) is 3.33. The molecule has 0 aliphatic carbocycles. The lowest BCUT2D eigenvalue weighted by molar-refractivity contribution is -0.121. The molecule has 1 saturated heterocycles. The van der Waals surface area contributed by atoms with Crippen LogP contribution in [-0.4, -0.2) is 43.1 Å². The van der Waals surface area contributed by atoms with Crippen molar-refractivity contribution in [2.45, 2.75) is 16.6 Å². The van der Waals surface area contributed by atoms with E-state index in [0.717, 1.165) is 3.57 Å². The van der Waals surface area contributed by atoms with Crippen molar-refractivity contribution in [2.24, 2.45) is 0 Å². The van der Waals surface area contributed by atoms with E-state index in [1.54, 1.807) is 78.9 Å². The zero-order chi connectivity index (χ0) is 32.8. The largest absolute Gasteiger partial charge is 0.493 e. The molecule has 0 radical (unpaired) electrons. The SMILES string of the molecule is COc1cc(Br)c(/C=C(\NC(=O)c2ccccc2)C(=O)Nc2cccc(SC3CC(=O)N(c4ccc(I)cc4)C3=O)c2)cc1OC. The van der Waals surface area contributed by atoms with E-state index in [9.17, 15) is 19.2 Å². The Morgan fingerprint density at radius 1 is 0.935 bits per heavy atom. The van der Waals surface area contributed by atoms with Crippen LogP contribution in [-0.2, 0) is 14.4 Å². The van der Waals surface area contributed by atoms with E-state index in [1.807, 2.05) is 12.1 Å². The van der Waals surface area contributed by atoms with E-state index in [0.29, 0.717) is 43.4 Å². The van der Waals surface area contributed by atoms with E-state index in [2.05, 4.69) is 49.2 Å². The van der Waals surface area contributed by atoms with Gasteiger partial charge in [-0.2, -0.15) is 0 Å². The van der Waals surface area contributed by atoms with Crippen LogP contribution in [0.1, 0.15) is 22.3 Å². The normalized spacial score (nSPS) is 14.7. The van der Waals surface area contributed by atoms with Crippen LogP contribution in [0.4, 0.5) is 11.4 Å². The summed E-state index contributed by atoms with van der Waals surface area (Å²) in [5, 5.41) is 4.96. The van der Waals surface area contributed by atoms with Crippen LogP contribution in [0.2, 0.25) is 0 Å². The molecule has 1 unspecified atom stereocenters. The Labute approximate surface area is 292 Å². The van der Waals surface area contributed by atoms with Gasteiger partial charge in [-0.1, -0.05) is 40.2 Å². The van der Waals surface area contributed by atoms with E-state index >= 15 is 0 Å². The highest BCUT2D eigenvalue weighted by atomic mass is 127. The highest BCUT2D eigenvalue weighted by Gasteiger charge is 2.40. The fourth-order valence-electron chi connectivity index (χ4n) is 4.65. The third kappa shape index (κ3) is 7.80. The molecule has 1 fully saturated rings. The first-order valence-electron chi connectivity index (χ1n) is 13.9. The van der Waals surface area contributed by atoms with Gasteiger partial charge in [0.2, 0.25) is 11.8 Å². The molecule has 0 spiro atoms. The molecule has 9 nitrogen and oxygen atoms in total. The molecule has 234 valence electrons. The van der Waals surface area contributed by atoms with Crippen LogP contribution in [0.5, 0.6) is 11.5 Å². The van der Waals surface area contributed by atoms with E-state index in [4.69, 9.17) is 9.47 Å². The van der Waals surface area contributed by atoms with E-state index in [-0.39, 0.29) is 23.9 Å². The second-order valence-electron chi connectivity index (χ2n) is 9.94. The van der Waals surface area contributed by atoms with Gasteiger partial charge in [0.15, 0.2) is 11.5 Å². The molecule has 4 aromatic carbocycles. The molecular formula is C34H27BrIN3O6S. The van der Waals surface area contributed by atoms with Crippen molar-refractivity contribution in [3.05, 3.63) is 116 Å². The maximum absolute atomic E-state index is 13.7. The maximum atomic E-state index is 13.7. The number of ether oxygens (including phenoxy) is 2. The number of rotatable bonds is 10. The Balaban J connectivity index is 1.37. The summed E-state index contributed by atoms with van der Waals surface area (Å²) in [7, 11) is 3.02. The Bertz CT molecular complexity index is 1830. The van der Waals surface area contributed by atoms with Gasteiger partial charge in [-0.3, -0.25) is 19.2 Å². The average molecular weight is 812 g/mol. The van der Waals surface area contributed by atoms with Gasteiger partial charge in [0.1, 0.15) is 5.70 Å². The molecule has 1 atom stereocenters. The summed E-state index contributed by atoms with van der Waals surface area (Å²) in [4.78, 5) is 54.7. The highest BCUT2D eigenvalue weighted by Crippen LogP contribution is 2.36. The number of methoxy groups -OCH3 is 2. The van der Waals surface area contributed by atoms with Crippen molar-refractivity contribution in [2.75, 3.05) is 24.4 Å². The molecule has 4 amide bonds. The summed E-state index contributed by atoms with van der Waals surface area (Å²) in [6, 6.07) is 26.1. The highest BCUT2D eigenvalue weighted by molar-refractivity contribution is 14.1. The summed E-state index contributed by atoms with van der Waals surface area (Å²) in [6.45, 7) is 0. The van der Waals surface area contributed by atoms with Gasteiger partial charge in [0.25, 0.3) is 11.8 Å². The summed E-state index contributed by atoms with van der Waals surface area (Å²) in [5.41, 5.74) is 1.89. The Kier molecular flexibility index (Phi) is 10.8. The topological polar surface area (TPSA) is 114 Å². The summed E-state index contributed by atoms with van der Waals surface area (Å²) < 4.78 is 12.4. The van der Waals surface area contributed by atoms with Crippen molar-refractivity contribution in [3.8, 4) is 11.5 Å². The fraction of sp³-hybridized carbons (Fsp3) is 0.118. The van der Waals surface area contributed by atoms with Crippen molar-refractivity contribution in [1.82, 2.24) is 5.32 Å². The summed E-state index contributed by atoms with van der Waals surface area (Å²) in [5.74, 6) is -0.672. The Morgan fingerprint density at radius 3 is 2.33 bits per heavy atom. The third-order valence-corrected chi connectivity index (χ3v) is 9.48. The van der Waals surface area contributed by atoms with E-state index in [1.165, 1.54) is 37.0 Å². The predicted octanol–water partition coefficient (Wildman–Crippen LogP) is 6.90. The number of amides is 4. The number of anilines is 2. The summed E-state index contributed by atoms with van der Waals surface area (Å²) in [6.07, 6.45) is 1.59. The zero-order valence-corrected chi connectivity index (χ0v) is 29.1. The minimum Gasteiger partial charge on any atom is -0.493 e. The number of halogens is 2. The fourth-order valence-corrected chi connectivity index (χ4v) is 6.56. The van der Waals surface area contributed by atoms with Crippen LogP contribution in [0.15, 0.2) is 106 Å². The molecule has 0 saturated carbocycles. The first kappa shape index (κ1) is 33.2. The van der Waals surface area contributed by atoms with Gasteiger partial charge in [-0.25, -0.2) is 4.90 Å². The lowest BCUT2D eigenvalue weighted by atomic mass is 10.1. The molecular weight excluding hydrogens is 785 g/mol. The molecule has 0 bridgehead atoms. The van der Waals surface area contributed by atoms with Gasteiger partial charge in [-0.15, -0.1) is 11.8 Å². The molecule has 5 rings (SSSR count). The number of hydrogen-bond acceptors (Lipinski definition) is 7. The summed E-state index contributed by atoms with van der Waals surface area (Å²) >= 11 is 6.93. The number of carbonyl (C=O) groups excluding carboxylic acids is 4. The second kappa shape index (κ2) is 15.0.